The summed E-state index contributed by atoms with van der Waals surface area (Å²) in [5, 5.41) is 7.77. The van der Waals surface area contributed by atoms with Gasteiger partial charge in [0.2, 0.25) is 0 Å². The first-order valence-corrected chi connectivity index (χ1v) is 18.3. The normalized spacial score (nSPS) is 11.9. The zero-order valence-corrected chi connectivity index (χ0v) is 28.4. The molecule has 0 saturated heterocycles. The van der Waals surface area contributed by atoms with Gasteiger partial charge in [-0.2, -0.15) is 0 Å². The Kier molecular flexibility index (Phi) is 6.16. The molecule has 0 bridgehead atoms. The van der Waals surface area contributed by atoms with Crippen LogP contribution in [-0.2, 0) is 0 Å². The predicted molar refractivity (Wildman–Crippen MR) is 219 cm³/mol. The lowest BCUT2D eigenvalue weighted by atomic mass is 10.0. The third kappa shape index (κ3) is 4.29. The van der Waals surface area contributed by atoms with Crippen LogP contribution < -0.4 is 0 Å². The van der Waals surface area contributed by atoms with Gasteiger partial charge in [-0.1, -0.05) is 133 Å². The Morgan fingerprint density at radius 1 is 0.314 bits per heavy atom. The van der Waals surface area contributed by atoms with Crippen LogP contribution in [0, 0.1) is 0 Å². The Labute approximate surface area is 298 Å². The van der Waals surface area contributed by atoms with E-state index in [1.165, 1.54) is 91.7 Å². The van der Waals surface area contributed by atoms with E-state index in [0.717, 1.165) is 5.69 Å². The molecule has 0 saturated carbocycles. The molecule has 11 aromatic rings. The molecule has 8 aromatic carbocycles. The van der Waals surface area contributed by atoms with E-state index in [-0.39, 0.29) is 0 Å². The van der Waals surface area contributed by atoms with Crippen LogP contribution in [0.2, 0.25) is 0 Å². The Morgan fingerprint density at radius 3 is 1.53 bits per heavy atom. The van der Waals surface area contributed by atoms with E-state index in [1.54, 1.807) is 0 Å². The zero-order chi connectivity index (χ0) is 33.5. The van der Waals surface area contributed by atoms with Crippen molar-refractivity contribution in [2.75, 3.05) is 0 Å². The van der Waals surface area contributed by atoms with Gasteiger partial charge in [-0.25, -0.2) is 0 Å². The molecule has 3 heterocycles. The molecule has 0 fully saturated rings. The molecule has 3 heteroatoms. The second-order valence-electron chi connectivity index (χ2n) is 13.3. The minimum Gasteiger partial charge on any atom is -0.309 e. The highest BCUT2D eigenvalue weighted by atomic mass is 32.1. The Bertz CT molecular complexity index is 3100. The van der Waals surface area contributed by atoms with Crippen molar-refractivity contribution in [3.05, 3.63) is 182 Å². The molecular formula is C48H30N2S. The number of thiophene rings is 1. The van der Waals surface area contributed by atoms with Crippen LogP contribution in [0.25, 0.3) is 97.4 Å². The van der Waals surface area contributed by atoms with Crippen molar-refractivity contribution in [2.24, 2.45) is 0 Å². The van der Waals surface area contributed by atoms with Crippen molar-refractivity contribution >= 4 is 75.1 Å². The van der Waals surface area contributed by atoms with E-state index in [1.807, 2.05) is 11.3 Å². The summed E-state index contributed by atoms with van der Waals surface area (Å²) in [5.74, 6) is 0. The number of para-hydroxylation sites is 2. The molecule has 51 heavy (non-hydrogen) atoms. The second-order valence-corrected chi connectivity index (χ2v) is 14.4. The van der Waals surface area contributed by atoms with Gasteiger partial charge in [0.25, 0.3) is 0 Å². The molecule has 2 nitrogen and oxygen atoms in total. The highest BCUT2D eigenvalue weighted by molar-refractivity contribution is 7.26. The van der Waals surface area contributed by atoms with Crippen LogP contribution in [0.5, 0.6) is 0 Å². The molecule has 0 atom stereocenters. The fourth-order valence-corrected chi connectivity index (χ4v) is 9.40. The van der Waals surface area contributed by atoms with Crippen molar-refractivity contribution in [1.82, 2.24) is 9.13 Å². The molecule has 0 radical (unpaired) electrons. The smallest absolute Gasteiger partial charge is 0.0719 e. The first-order valence-electron chi connectivity index (χ1n) is 17.4. The van der Waals surface area contributed by atoms with Crippen LogP contribution in [0.3, 0.4) is 0 Å². The van der Waals surface area contributed by atoms with E-state index in [0.29, 0.717) is 0 Å². The van der Waals surface area contributed by atoms with E-state index in [4.69, 9.17) is 0 Å². The highest BCUT2D eigenvalue weighted by Gasteiger charge is 2.18. The molecule has 0 aliphatic rings. The first-order chi connectivity index (χ1) is 25.3. The maximum Gasteiger partial charge on any atom is 0.0719 e. The van der Waals surface area contributed by atoms with Gasteiger partial charge in [-0.3, -0.25) is 0 Å². The molecule has 0 aliphatic heterocycles. The number of hydrogen-bond donors (Lipinski definition) is 0. The summed E-state index contributed by atoms with van der Waals surface area (Å²) in [6, 6.07) is 66.5. The average molecular weight is 667 g/mol. The lowest BCUT2D eigenvalue weighted by molar-refractivity contribution is 1.18. The van der Waals surface area contributed by atoms with Crippen LogP contribution in [0.15, 0.2) is 182 Å². The van der Waals surface area contributed by atoms with Crippen molar-refractivity contribution < 1.29 is 0 Å². The minimum atomic E-state index is 1.16. The Morgan fingerprint density at radius 2 is 0.804 bits per heavy atom. The summed E-state index contributed by atoms with van der Waals surface area (Å²) >= 11 is 1.89. The molecule has 11 rings (SSSR count). The molecule has 238 valence electrons. The molecule has 0 N–H and O–H groups in total. The van der Waals surface area contributed by atoms with Gasteiger partial charge in [-0.15, -0.1) is 11.3 Å². The van der Waals surface area contributed by atoms with E-state index < -0.39 is 0 Å². The fourth-order valence-electron chi connectivity index (χ4n) is 8.16. The van der Waals surface area contributed by atoms with Crippen molar-refractivity contribution in [3.63, 3.8) is 0 Å². The monoisotopic (exact) mass is 666 g/mol. The average Bonchev–Trinajstić information content (AvgIpc) is 3.86. The quantitative estimate of drug-likeness (QED) is 0.177. The van der Waals surface area contributed by atoms with Crippen molar-refractivity contribution in [2.45, 2.75) is 0 Å². The third-order valence-corrected chi connectivity index (χ3v) is 11.7. The topological polar surface area (TPSA) is 9.86 Å². The molecule has 3 aromatic heterocycles. The van der Waals surface area contributed by atoms with Crippen molar-refractivity contribution in [1.29, 1.82) is 0 Å². The van der Waals surface area contributed by atoms with Crippen LogP contribution in [0.4, 0.5) is 0 Å². The summed E-state index contributed by atoms with van der Waals surface area (Å²) < 4.78 is 7.53. The Hall–Kier alpha value is -6.42. The predicted octanol–water partition coefficient (Wildman–Crippen LogP) is 13.6. The maximum absolute atomic E-state index is 2.46. The van der Waals surface area contributed by atoms with Gasteiger partial charge in [-0.05, 0) is 70.8 Å². The molecule has 0 amide bonds. The molecule has 0 unspecified atom stereocenters. The lowest BCUT2D eigenvalue weighted by Crippen LogP contribution is -1.95. The van der Waals surface area contributed by atoms with Crippen LogP contribution in [0.1, 0.15) is 0 Å². The van der Waals surface area contributed by atoms with Crippen molar-refractivity contribution in [3.8, 4) is 33.6 Å². The third-order valence-electron chi connectivity index (χ3n) is 10.5. The maximum atomic E-state index is 2.46. The van der Waals surface area contributed by atoms with Gasteiger partial charge < -0.3 is 9.13 Å². The summed E-state index contributed by atoms with van der Waals surface area (Å²) in [7, 11) is 0. The number of fused-ring (bicyclic) bond motifs is 10. The van der Waals surface area contributed by atoms with E-state index >= 15 is 0 Å². The second kappa shape index (κ2) is 11.0. The summed E-state index contributed by atoms with van der Waals surface area (Å²) in [5.41, 5.74) is 12.1. The summed E-state index contributed by atoms with van der Waals surface area (Å²) in [4.78, 5) is 0. The van der Waals surface area contributed by atoms with Crippen LogP contribution >= 0.6 is 11.3 Å². The highest BCUT2D eigenvalue weighted by Crippen LogP contribution is 2.43. The fraction of sp³-hybridized carbons (Fsp3) is 0. The number of hydrogen-bond acceptors (Lipinski definition) is 1. The SMILES string of the molecule is c1ccc(-c2ccc3c4ccccc4n(-c4ccc(-c5ccc(-n6c7ccccc7c7ccc8c9ccccc9sc8c76)cc5)cc4)c3c2)cc1. The summed E-state index contributed by atoms with van der Waals surface area (Å²) in [6.45, 7) is 0. The van der Waals surface area contributed by atoms with Crippen LogP contribution in [-0.4, -0.2) is 9.13 Å². The van der Waals surface area contributed by atoms with Gasteiger partial charge in [0, 0.05) is 48.4 Å². The number of aromatic nitrogens is 2. The summed E-state index contributed by atoms with van der Waals surface area (Å²) in [6.07, 6.45) is 0. The number of nitrogens with zero attached hydrogens (tertiary/aromatic N) is 2. The molecule has 0 spiro atoms. The standard InChI is InChI=1S/C48H30N2S/c1-2-10-31(11-3-1)34-22-27-39-37-12-4-7-15-43(37)49(45(39)30-34)35-23-18-32(19-24-35)33-20-25-36(26-21-33)50-44-16-8-5-13-38(44)41-28-29-42-40-14-6-9-17-46(40)51-48(42)47(41)50/h1-30H. The lowest BCUT2D eigenvalue weighted by Gasteiger charge is -2.12. The van der Waals surface area contributed by atoms with E-state index in [9.17, 15) is 0 Å². The van der Waals surface area contributed by atoms with Gasteiger partial charge in [0.15, 0.2) is 0 Å². The van der Waals surface area contributed by atoms with Gasteiger partial charge in [0.1, 0.15) is 0 Å². The molecular weight excluding hydrogens is 637 g/mol. The molecule has 0 aliphatic carbocycles. The van der Waals surface area contributed by atoms with E-state index in [2.05, 4.69) is 191 Å². The largest absolute Gasteiger partial charge is 0.309 e. The Balaban J connectivity index is 1.01. The first kappa shape index (κ1) is 28.4. The number of rotatable bonds is 4. The van der Waals surface area contributed by atoms with Gasteiger partial charge >= 0.3 is 0 Å². The minimum absolute atomic E-state index is 1.16. The zero-order valence-electron chi connectivity index (χ0n) is 27.6. The number of benzene rings is 8. The van der Waals surface area contributed by atoms with Gasteiger partial charge in [0.05, 0.1) is 26.8 Å².